The average molecular weight is 392 g/mol. The lowest BCUT2D eigenvalue weighted by Crippen LogP contribution is -2.97. The Morgan fingerprint density at radius 2 is 1.03 bits per heavy atom. The minimum absolute atomic E-state index is 0.0440. The molecule has 0 radical (unpaired) electrons. The number of nitrogens with zero attached hydrogens (tertiary/aromatic N) is 2. The fourth-order valence-electron chi connectivity index (χ4n) is 3.86. The molecule has 0 spiro atoms. The van der Waals surface area contributed by atoms with Crippen molar-refractivity contribution in [2.45, 2.75) is 38.0 Å². The van der Waals surface area contributed by atoms with E-state index in [1.165, 1.54) is 9.80 Å². The van der Waals surface area contributed by atoms with E-state index in [0.717, 1.165) is 11.1 Å². The summed E-state index contributed by atoms with van der Waals surface area (Å²) < 4.78 is 0. The minimum atomic E-state index is -0.662. The highest BCUT2D eigenvalue weighted by molar-refractivity contribution is 6.06. The SMILES string of the molecule is O=C1C[C@H]([NH2+][C@@H]2CC(=O)N(Cc3ccccc3)C2=O)C(=O)N1Cc1ccccc1. The number of nitrogens with two attached hydrogens (primary N) is 1. The van der Waals surface area contributed by atoms with Crippen LogP contribution in [0, 0.1) is 0 Å². The van der Waals surface area contributed by atoms with Gasteiger partial charge in [0.2, 0.25) is 11.8 Å². The Bertz CT molecular complexity index is 868. The van der Waals surface area contributed by atoms with Crippen molar-refractivity contribution in [2.24, 2.45) is 0 Å². The molecule has 29 heavy (non-hydrogen) atoms. The van der Waals surface area contributed by atoms with Crippen LogP contribution in [0.3, 0.4) is 0 Å². The second-order valence-corrected chi connectivity index (χ2v) is 7.42. The van der Waals surface area contributed by atoms with Crippen molar-refractivity contribution in [3.63, 3.8) is 0 Å². The van der Waals surface area contributed by atoms with Gasteiger partial charge < -0.3 is 5.32 Å². The van der Waals surface area contributed by atoms with E-state index in [-0.39, 0.29) is 49.6 Å². The molecule has 148 valence electrons. The molecule has 0 aliphatic carbocycles. The Kier molecular flexibility index (Phi) is 5.22. The average Bonchev–Trinajstić information content (AvgIpc) is 3.14. The number of quaternary nitrogens is 1. The van der Waals surface area contributed by atoms with Gasteiger partial charge in [-0.15, -0.1) is 0 Å². The molecule has 2 heterocycles. The standard InChI is InChI=1S/C22H21N3O4/c26-19-11-17(21(28)24(19)13-15-7-3-1-4-8-15)23-18-12-20(27)25(22(18)29)14-16-9-5-2-6-10-16/h1-10,17-18,23H,11-14H2/p+1/t17-,18+. The summed E-state index contributed by atoms with van der Waals surface area (Å²) in [6.45, 7) is 0.445. The maximum absolute atomic E-state index is 12.7. The van der Waals surface area contributed by atoms with E-state index in [1.807, 2.05) is 60.7 Å². The van der Waals surface area contributed by atoms with E-state index < -0.39 is 12.1 Å². The second-order valence-electron chi connectivity index (χ2n) is 7.42. The van der Waals surface area contributed by atoms with Gasteiger partial charge in [0.1, 0.15) is 0 Å². The number of carbonyl (C=O) groups is 4. The molecule has 2 atom stereocenters. The highest BCUT2D eigenvalue weighted by atomic mass is 16.2. The third kappa shape index (κ3) is 3.95. The second kappa shape index (κ2) is 7.97. The number of hydrogen-bond acceptors (Lipinski definition) is 4. The van der Waals surface area contributed by atoms with Crippen LogP contribution in [0.4, 0.5) is 0 Å². The number of benzene rings is 2. The monoisotopic (exact) mass is 392 g/mol. The molecule has 0 unspecified atom stereocenters. The van der Waals surface area contributed by atoms with Crippen LogP contribution in [-0.4, -0.2) is 45.5 Å². The van der Waals surface area contributed by atoms with Crippen molar-refractivity contribution >= 4 is 23.6 Å². The topological polar surface area (TPSA) is 91.4 Å². The van der Waals surface area contributed by atoms with Gasteiger partial charge in [0.15, 0.2) is 12.1 Å². The maximum atomic E-state index is 12.7. The molecule has 2 N–H and O–H groups in total. The molecule has 7 heteroatoms. The molecular weight excluding hydrogens is 370 g/mol. The van der Waals surface area contributed by atoms with Crippen LogP contribution in [0.25, 0.3) is 0 Å². The van der Waals surface area contributed by atoms with E-state index in [1.54, 1.807) is 5.32 Å². The Morgan fingerprint density at radius 3 is 1.41 bits per heavy atom. The Balaban J connectivity index is 1.40. The summed E-state index contributed by atoms with van der Waals surface area (Å²) in [4.78, 5) is 52.6. The van der Waals surface area contributed by atoms with Gasteiger partial charge in [-0.2, -0.15) is 0 Å². The first kappa shape index (κ1) is 19.0. The first-order valence-corrected chi connectivity index (χ1v) is 9.64. The summed E-state index contributed by atoms with van der Waals surface area (Å²) in [7, 11) is 0. The van der Waals surface area contributed by atoms with Crippen LogP contribution in [-0.2, 0) is 32.3 Å². The zero-order valence-corrected chi connectivity index (χ0v) is 15.9. The summed E-state index contributed by atoms with van der Waals surface area (Å²) in [6.07, 6.45) is 0.0879. The fourth-order valence-corrected chi connectivity index (χ4v) is 3.86. The van der Waals surface area contributed by atoms with E-state index >= 15 is 0 Å². The van der Waals surface area contributed by atoms with Crippen molar-refractivity contribution in [2.75, 3.05) is 0 Å². The molecule has 2 aliphatic rings. The van der Waals surface area contributed by atoms with E-state index in [9.17, 15) is 19.2 Å². The number of hydrogen-bond donors (Lipinski definition) is 1. The Hall–Kier alpha value is -3.32. The van der Waals surface area contributed by atoms with Gasteiger partial charge in [-0.25, -0.2) is 0 Å². The maximum Gasteiger partial charge on any atom is 0.288 e. The van der Waals surface area contributed by atoms with E-state index in [4.69, 9.17) is 0 Å². The highest BCUT2D eigenvalue weighted by Crippen LogP contribution is 2.18. The van der Waals surface area contributed by atoms with Gasteiger partial charge in [0.25, 0.3) is 11.8 Å². The molecule has 0 saturated carbocycles. The smallest absolute Gasteiger partial charge is 0.288 e. The summed E-state index contributed by atoms with van der Waals surface area (Å²) in [5.74, 6) is -1.11. The van der Waals surface area contributed by atoms with E-state index in [0.29, 0.717) is 0 Å². The molecule has 0 aromatic heterocycles. The molecule has 0 bridgehead atoms. The summed E-state index contributed by atoms with van der Waals surface area (Å²) in [5.41, 5.74) is 1.74. The van der Waals surface area contributed by atoms with Gasteiger partial charge >= 0.3 is 0 Å². The molecule has 2 fully saturated rings. The number of imide groups is 2. The Morgan fingerprint density at radius 1 is 0.655 bits per heavy atom. The molecule has 2 aliphatic heterocycles. The van der Waals surface area contributed by atoms with Crippen molar-refractivity contribution in [3.05, 3.63) is 71.8 Å². The molecule has 2 aromatic carbocycles. The largest absolute Gasteiger partial charge is 0.325 e. The molecule has 4 rings (SSSR count). The highest BCUT2D eigenvalue weighted by Gasteiger charge is 2.48. The summed E-state index contributed by atoms with van der Waals surface area (Å²) in [5, 5.41) is 1.59. The lowest BCUT2D eigenvalue weighted by Gasteiger charge is -2.16. The van der Waals surface area contributed by atoms with Crippen molar-refractivity contribution < 1.29 is 24.5 Å². The first-order chi connectivity index (χ1) is 14.0. The first-order valence-electron chi connectivity index (χ1n) is 9.64. The van der Waals surface area contributed by atoms with Gasteiger partial charge in [0.05, 0.1) is 25.9 Å². The zero-order valence-electron chi connectivity index (χ0n) is 15.9. The molecule has 4 amide bonds. The van der Waals surface area contributed by atoms with Crippen molar-refractivity contribution in [3.8, 4) is 0 Å². The molecule has 2 aromatic rings. The third-order valence-corrected chi connectivity index (χ3v) is 5.39. The van der Waals surface area contributed by atoms with Crippen molar-refractivity contribution in [1.82, 2.24) is 9.80 Å². The number of rotatable bonds is 6. The fraction of sp³-hybridized carbons (Fsp3) is 0.273. The zero-order chi connectivity index (χ0) is 20.4. The quantitative estimate of drug-likeness (QED) is 0.712. The number of amides is 4. The van der Waals surface area contributed by atoms with Crippen LogP contribution >= 0.6 is 0 Å². The Labute approximate surface area is 168 Å². The van der Waals surface area contributed by atoms with Crippen molar-refractivity contribution in [1.29, 1.82) is 0 Å². The predicted molar refractivity (Wildman–Crippen MR) is 103 cm³/mol. The normalized spacial score (nSPS) is 22.1. The van der Waals surface area contributed by atoms with Crippen LogP contribution < -0.4 is 5.32 Å². The minimum Gasteiger partial charge on any atom is -0.325 e. The summed E-state index contributed by atoms with van der Waals surface area (Å²) >= 11 is 0. The van der Waals surface area contributed by atoms with Crippen LogP contribution in [0.2, 0.25) is 0 Å². The predicted octanol–water partition coefficient (Wildman–Crippen LogP) is 0.205. The molecule has 7 nitrogen and oxygen atoms in total. The van der Waals surface area contributed by atoms with Gasteiger partial charge in [0, 0.05) is 0 Å². The van der Waals surface area contributed by atoms with Crippen LogP contribution in [0.15, 0.2) is 60.7 Å². The summed E-state index contributed by atoms with van der Waals surface area (Å²) in [6, 6.07) is 17.3. The lowest BCUT2D eigenvalue weighted by molar-refractivity contribution is -0.694. The number of carbonyl (C=O) groups excluding carboxylic acids is 4. The van der Waals surface area contributed by atoms with Gasteiger partial charge in [-0.05, 0) is 11.1 Å². The molecular formula is C22H22N3O4+. The lowest BCUT2D eigenvalue weighted by atomic mass is 10.1. The van der Waals surface area contributed by atoms with Crippen LogP contribution in [0.1, 0.15) is 24.0 Å². The van der Waals surface area contributed by atoms with Crippen LogP contribution in [0.5, 0.6) is 0 Å². The van der Waals surface area contributed by atoms with E-state index in [2.05, 4.69) is 0 Å². The molecule has 2 saturated heterocycles. The van der Waals surface area contributed by atoms with Gasteiger partial charge in [-0.3, -0.25) is 29.0 Å². The number of likely N-dealkylation sites (tertiary alicyclic amines) is 2. The third-order valence-electron chi connectivity index (χ3n) is 5.39. The van der Waals surface area contributed by atoms with Gasteiger partial charge in [-0.1, -0.05) is 60.7 Å².